The number of nitrogens with zero attached hydrogens (tertiary/aromatic N) is 2. The predicted octanol–water partition coefficient (Wildman–Crippen LogP) is 1.65. The largest absolute Gasteiger partial charge is 0.480 e. The van der Waals surface area contributed by atoms with Crippen molar-refractivity contribution in [2.75, 3.05) is 11.4 Å². The minimum absolute atomic E-state index is 0.150. The lowest BCUT2D eigenvalue weighted by Gasteiger charge is -2.24. The maximum absolute atomic E-state index is 11.7. The van der Waals surface area contributed by atoms with Crippen LogP contribution >= 0.6 is 0 Å². The van der Waals surface area contributed by atoms with Crippen LogP contribution < -0.4 is 4.90 Å². The molecule has 1 saturated heterocycles. The number of anilines is 1. The lowest BCUT2D eigenvalue weighted by atomic mass is 9.95. The summed E-state index contributed by atoms with van der Waals surface area (Å²) in [6.07, 6.45) is 3.77. The van der Waals surface area contributed by atoms with E-state index >= 15 is 0 Å². The zero-order chi connectivity index (χ0) is 13.4. The second-order valence-electron chi connectivity index (χ2n) is 5.13. The topological polar surface area (TPSA) is 70.5 Å². The van der Waals surface area contributed by atoms with Gasteiger partial charge in [0.2, 0.25) is 0 Å². The number of hydrogen-bond donors (Lipinski definition) is 1. The second-order valence-corrected chi connectivity index (χ2v) is 5.13. The van der Waals surface area contributed by atoms with Crippen molar-refractivity contribution in [1.29, 1.82) is 0 Å². The number of rotatable bonds is 2. The van der Waals surface area contributed by atoms with Crippen LogP contribution in [0, 0.1) is 0 Å². The highest BCUT2D eigenvalue weighted by Crippen LogP contribution is 2.27. The van der Waals surface area contributed by atoms with Gasteiger partial charge in [-0.05, 0) is 37.8 Å². The molecule has 0 bridgehead atoms. The van der Waals surface area contributed by atoms with Crippen molar-refractivity contribution in [3.05, 3.63) is 23.4 Å². The van der Waals surface area contributed by atoms with Gasteiger partial charge in [-0.3, -0.25) is 4.79 Å². The van der Waals surface area contributed by atoms with E-state index in [4.69, 9.17) is 0 Å². The average molecular weight is 260 g/mol. The summed E-state index contributed by atoms with van der Waals surface area (Å²) in [5.74, 6) is 0.0444. The van der Waals surface area contributed by atoms with Crippen LogP contribution in [0.2, 0.25) is 0 Å². The Hall–Kier alpha value is -1.91. The summed E-state index contributed by atoms with van der Waals surface area (Å²) in [5.41, 5.74) is 1.53. The van der Waals surface area contributed by atoms with Gasteiger partial charge in [-0.25, -0.2) is 9.78 Å². The average Bonchev–Trinajstić information content (AvgIpc) is 2.88. The van der Waals surface area contributed by atoms with Crippen LogP contribution in [0.25, 0.3) is 0 Å². The van der Waals surface area contributed by atoms with Gasteiger partial charge in [0.25, 0.3) is 0 Å². The molecule has 0 radical (unpaired) electrons. The van der Waals surface area contributed by atoms with Crippen LogP contribution in [0.1, 0.15) is 41.7 Å². The smallest absolute Gasteiger partial charge is 0.326 e. The molecule has 100 valence electrons. The number of carboxylic acid groups (broad SMARTS) is 1. The highest BCUT2D eigenvalue weighted by Gasteiger charge is 2.32. The Morgan fingerprint density at radius 1 is 1.32 bits per heavy atom. The molecule has 0 spiro atoms. The molecule has 1 aliphatic heterocycles. The fourth-order valence-electron chi connectivity index (χ4n) is 2.94. The van der Waals surface area contributed by atoms with Crippen molar-refractivity contribution in [3.8, 4) is 0 Å². The van der Waals surface area contributed by atoms with E-state index in [1.165, 1.54) is 0 Å². The zero-order valence-corrected chi connectivity index (χ0v) is 10.6. The van der Waals surface area contributed by atoms with E-state index in [9.17, 15) is 14.7 Å². The van der Waals surface area contributed by atoms with Crippen molar-refractivity contribution in [1.82, 2.24) is 4.98 Å². The quantitative estimate of drug-likeness (QED) is 0.875. The Kier molecular flexibility index (Phi) is 2.97. The number of Topliss-reactive ketones (excluding diaryl/α,β-unsaturated/α-hetero) is 1. The van der Waals surface area contributed by atoms with Crippen LogP contribution in [-0.2, 0) is 11.2 Å². The summed E-state index contributed by atoms with van der Waals surface area (Å²) < 4.78 is 0. The van der Waals surface area contributed by atoms with Gasteiger partial charge < -0.3 is 10.0 Å². The Morgan fingerprint density at radius 2 is 2.16 bits per heavy atom. The Labute approximate surface area is 111 Å². The summed E-state index contributed by atoms with van der Waals surface area (Å²) >= 11 is 0. The molecular weight excluding hydrogens is 244 g/mol. The normalized spacial score (nSPS) is 22.4. The maximum Gasteiger partial charge on any atom is 0.326 e. The maximum atomic E-state index is 11.7. The van der Waals surface area contributed by atoms with Crippen molar-refractivity contribution in [2.45, 2.75) is 38.1 Å². The van der Waals surface area contributed by atoms with Gasteiger partial charge in [0.15, 0.2) is 5.78 Å². The molecule has 2 heterocycles. The van der Waals surface area contributed by atoms with Crippen molar-refractivity contribution >= 4 is 17.6 Å². The zero-order valence-electron chi connectivity index (χ0n) is 10.6. The molecule has 2 aliphatic rings. The van der Waals surface area contributed by atoms with Gasteiger partial charge in [-0.2, -0.15) is 0 Å². The van der Waals surface area contributed by atoms with Gasteiger partial charge in [0.1, 0.15) is 11.9 Å². The first-order valence-corrected chi connectivity index (χ1v) is 6.69. The Morgan fingerprint density at radius 3 is 2.95 bits per heavy atom. The third kappa shape index (κ3) is 2.09. The molecule has 1 unspecified atom stereocenters. The molecule has 1 aliphatic carbocycles. The van der Waals surface area contributed by atoms with Crippen molar-refractivity contribution in [3.63, 3.8) is 0 Å². The fourth-order valence-corrected chi connectivity index (χ4v) is 2.94. The standard InChI is InChI=1S/C14H16N2O3/c17-12-5-1-3-10-9(12)6-7-13(15-10)16-8-2-4-11(16)14(18)19/h6-7,11H,1-5,8H2,(H,18,19). The molecule has 1 N–H and O–H groups in total. The summed E-state index contributed by atoms with van der Waals surface area (Å²) in [7, 11) is 0. The fraction of sp³-hybridized carbons (Fsp3) is 0.500. The van der Waals surface area contributed by atoms with Gasteiger partial charge in [0, 0.05) is 18.5 Å². The van der Waals surface area contributed by atoms with Gasteiger partial charge >= 0.3 is 5.97 Å². The van der Waals surface area contributed by atoms with E-state index in [1.807, 2.05) is 4.90 Å². The van der Waals surface area contributed by atoms with E-state index in [0.29, 0.717) is 24.2 Å². The van der Waals surface area contributed by atoms with E-state index < -0.39 is 12.0 Å². The minimum Gasteiger partial charge on any atom is -0.480 e. The van der Waals surface area contributed by atoms with Crippen LogP contribution in [0.15, 0.2) is 12.1 Å². The lowest BCUT2D eigenvalue weighted by molar-refractivity contribution is -0.138. The monoisotopic (exact) mass is 260 g/mol. The number of carboxylic acids is 1. The Bertz CT molecular complexity index is 541. The van der Waals surface area contributed by atoms with E-state index in [1.54, 1.807) is 12.1 Å². The van der Waals surface area contributed by atoms with Gasteiger partial charge in [0.05, 0.1) is 5.69 Å². The number of fused-ring (bicyclic) bond motifs is 1. The SMILES string of the molecule is O=C1CCCc2nc(N3CCCC3C(=O)O)ccc21. The first kappa shape index (κ1) is 12.1. The molecule has 1 aromatic heterocycles. The number of hydrogen-bond acceptors (Lipinski definition) is 4. The molecule has 1 fully saturated rings. The molecule has 0 aromatic carbocycles. The molecule has 19 heavy (non-hydrogen) atoms. The summed E-state index contributed by atoms with van der Waals surface area (Å²) in [6, 6.07) is 3.10. The first-order valence-electron chi connectivity index (χ1n) is 6.69. The van der Waals surface area contributed by atoms with Crippen molar-refractivity contribution < 1.29 is 14.7 Å². The van der Waals surface area contributed by atoms with Crippen LogP contribution in [0.4, 0.5) is 5.82 Å². The Balaban J connectivity index is 1.94. The molecule has 0 saturated carbocycles. The number of carbonyl (C=O) groups excluding carboxylic acids is 1. The predicted molar refractivity (Wildman–Crippen MR) is 69.5 cm³/mol. The molecule has 1 atom stereocenters. The van der Waals surface area contributed by atoms with Crippen LogP contribution in [0.5, 0.6) is 0 Å². The van der Waals surface area contributed by atoms with Gasteiger partial charge in [-0.1, -0.05) is 0 Å². The van der Waals surface area contributed by atoms with Crippen LogP contribution in [-0.4, -0.2) is 34.4 Å². The molecule has 5 nitrogen and oxygen atoms in total. The second kappa shape index (κ2) is 4.64. The number of aromatic nitrogens is 1. The summed E-state index contributed by atoms with van der Waals surface area (Å²) in [4.78, 5) is 29.3. The first-order chi connectivity index (χ1) is 9.16. The molecular formula is C14H16N2O3. The summed E-state index contributed by atoms with van der Waals surface area (Å²) in [6.45, 7) is 0.719. The number of pyridine rings is 1. The van der Waals surface area contributed by atoms with Crippen LogP contribution in [0.3, 0.4) is 0 Å². The third-order valence-electron chi connectivity index (χ3n) is 3.91. The van der Waals surface area contributed by atoms with Crippen molar-refractivity contribution in [2.24, 2.45) is 0 Å². The van der Waals surface area contributed by atoms with E-state index in [0.717, 1.165) is 31.5 Å². The van der Waals surface area contributed by atoms with E-state index in [2.05, 4.69) is 4.98 Å². The highest BCUT2D eigenvalue weighted by molar-refractivity contribution is 5.98. The lowest BCUT2D eigenvalue weighted by Crippen LogP contribution is -2.36. The molecule has 5 heteroatoms. The molecule has 1 aromatic rings. The van der Waals surface area contributed by atoms with E-state index in [-0.39, 0.29) is 5.78 Å². The third-order valence-corrected chi connectivity index (χ3v) is 3.91. The molecule has 0 amide bonds. The van der Waals surface area contributed by atoms with Gasteiger partial charge in [-0.15, -0.1) is 0 Å². The minimum atomic E-state index is -0.798. The highest BCUT2D eigenvalue weighted by atomic mass is 16.4. The number of aliphatic carboxylic acids is 1. The molecule has 3 rings (SSSR count). The number of ketones is 1. The number of aryl methyl sites for hydroxylation is 1. The number of carbonyl (C=O) groups is 2. The summed E-state index contributed by atoms with van der Waals surface area (Å²) in [5, 5.41) is 9.20.